The van der Waals surface area contributed by atoms with E-state index in [1.54, 1.807) is 0 Å². The van der Waals surface area contributed by atoms with Crippen molar-refractivity contribution in [2.75, 3.05) is 0 Å². The average Bonchev–Trinajstić information content (AvgIpc) is 2.35. The lowest BCUT2D eigenvalue weighted by molar-refractivity contribution is 0.616. The Labute approximate surface area is 98.4 Å². The van der Waals surface area contributed by atoms with Crippen LogP contribution in [0.15, 0.2) is 48.5 Å². The van der Waals surface area contributed by atoms with Gasteiger partial charge in [0.2, 0.25) is 0 Å². The first-order valence-electron chi connectivity index (χ1n) is 5.45. The highest BCUT2D eigenvalue weighted by Gasteiger charge is 2.05. The van der Waals surface area contributed by atoms with E-state index in [0.717, 1.165) is 17.2 Å². The highest BCUT2D eigenvalue weighted by molar-refractivity contribution is 6.54. The van der Waals surface area contributed by atoms with Crippen molar-refractivity contribution in [3.05, 3.63) is 54.1 Å². The van der Waals surface area contributed by atoms with E-state index in [2.05, 4.69) is 37.3 Å². The largest absolute Gasteiger partial charge is 0.428 e. The first-order chi connectivity index (χ1) is 7.86. The van der Waals surface area contributed by atoms with E-state index in [1.807, 2.05) is 18.2 Å². The number of hydrogen-bond acceptors (Lipinski definition) is 1. The minimum Gasteiger partial charge on any atom is -0.428 e. The molecule has 80 valence electrons. The molecule has 0 saturated heterocycles. The van der Waals surface area contributed by atoms with Gasteiger partial charge in [-0.15, -0.1) is 0 Å². The molecule has 0 spiro atoms. The summed E-state index contributed by atoms with van der Waals surface area (Å²) in [5.74, 6) is 0. The Balaban J connectivity index is 2.64. The van der Waals surface area contributed by atoms with Gasteiger partial charge in [0, 0.05) is 0 Å². The highest BCUT2D eigenvalue weighted by atomic mass is 28.2. The standard InChI is InChI=1S/C14H14OSi/c1-2-6-14(16-15)13-10-5-8-11-7-3-4-9-12(11)13/h3-10,15H,2H2,1H3. The molecular weight excluding hydrogens is 212 g/mol. The second-order valence-electron chi connectivity index (χ2n) is 3.66. The van der Waals surface area contributed by atoms with Gasteiger partial charge in [0.25, 0.3) is 9.76 Å². The molecule has 0 heterocycles. The fourth-order valence-electron chi connectivity index (χ4n) is 1.88. The van der Waals surface area contributed by atoms with Crippen LogP contribution in [-0.2, 0) is 0 Å². The van der Waals surface area contributed by atoms with Gasteiger partial charge in [-0.25, -0.2) is 0 Å². The zero-order valence-corrected chi connectivity index (χ0v) is 10.3. The number of allylic oxidation sites excluding steroid dienone is 1. The van der Waals surface area contributed by atoms with Crippen LogP contribution in [0.4, 0.5) is 0 Å². The van der Waals surface area contributed by atoms with E-state index in [-0.39, 0.29) is 9.76 Å². The van der Waals surface area contributed by atoms with E-state index in [0.29, 0.717) is 0 Å². The third kappa shape index (κ3) is 2.08. The Morgan fingerprint density at radius 3 is 2.69 bits per heavy atom. The molecule has 0 bridgehead atoms. The molecule has 2 aromatic carbocycles. The Hall–Kier alpha value is -1.38. The summed E-state index contributed by atoms with van der Waals surface area (Å²) < 4.78 is 0. The van der Waals surface area contributed by atoms with Gasteiger partial charge in [0.1, 0.15) is 0 Å². The van der Waals surface area contributed by atoms with Crippen LogP contribution in [0.5, 0.6) is 0 Å². The van der Waals surface area contributed by atoms with E-state index >= 15 is 0 Å². The van der Waals surface area contributed by atoms with Crippen LogP contribution in [0.1, 0.15) is 18.9 Å². The molecule has 0 atom stereocenters. The van der Waals surface area contributed by atoms with Gasteiger partial charge in [0.15, 0.2) is 0 Å². The summed E-state index contributed by atoms with van der Waals surface area (Å²) in [5, 5.41) is 3.48. The van der Waals surface area contributed by atoms with Crippen molar-refractivity contribution in [2.24, 2.45) is 0 Å². The van der Waals surface area contributed by atoms with Gasteiger partial charge in [0.05, 0.1) is 0 Å². The van der Waals surface area contributed by atoms with Gasteiger partial charge >= 0.3 is 0 Å². The smallest absolute Gasteiger partial charge is 0.265 e. The zero-order valence-electron chi connectivity index (χ0n) is 9.27. The molecule has 0 aliphatic carbocycles. The van der Waals surface area contributed by atoms with Crippen LogP contribution in [0.2, 0.25) is 0 Å². The van der Waals surface area contributed by atoms with E-state index in [1.165, 1.54) is 10.8 Å². The highest BCUT2D eigenvalue weighted by Crippen LogP contribution is 2.24. The Kier molecular flexibility index (Phi) is 3.54. The SMILES string of the molecule is CCC=C([Si]O)c1cccc2ccccc12. The Morgan fingerprint density at radius 1 is 1.19 bits per heavy atom. The van der Waals surface area contributed by atoms with Crippen LogP contribution < -0.4 is 0 Å². The minimum absolute atomic E-state index is 0.142. The third-order valence-corrected chi connectivity index (χ3v) is 3.32. The van der Waals surface area contributed by atoms with Gasteiger partial charge in [-0.1, -0.05) is 55.5 Å². The quantitative estimate of drug-likeness (QED) is 0.797. The summed E-state index contributed by atoms with van der Waals surface area (Å²) in [7, 11) is -0.142. The molecule has 0 unspecified atom stereocenters. The van der Waals surface area contributed by atoms with Gasteiger partial charge in [-0.3, -0.25) is 0 Å². The van der Waals surface area contributed by atoms with Crippen molar-refractivity contribution in [2.45, 2.75) is 13.3 Å². The van der Waals surface area contributed by atoms with Crippen LogP contribution in [-0.4, -0.2) is 14.6 Å². The predicted molar refractivity (Wildman–Crippen MR) is 70.2 cm³/mol. The zero-order chi connectivity index (χ0) is 11.4. The van der Waals surface area contributed by atoms with Crippen molar-refractivity contribution in [1.82, 2.24) is 0 Å². The minimum atomic E-state index is -0.142. The van der Waals surface area contributed by atoms with E-state index < -0.39 is 0 Å². The van der Waals surface area contributed by atoms with Gasteiger partial charge in [-0.2, -0.15) is 0 Å². The van der Waals surface area contributed by atoms with Crippen LogP contribution in [0.25, 0.3) is 16.0 Å². The Morgan fingerprint density at radius 2 is 1.94 bits per heavy atom. The molecule has 0 amide bonds. The van der Waals surface area contributed by atoms with Crippen molar-refractivity contribution < 1.29 is 4.80 Å². The summed E-state index contributed by atoms with van der Waals surface area (Å²) in [6.45, 7) is 2.09. The molecule has 0 saturated carbocycles. The van der Waals surface area contributed by atoms with E-state index in [4.69, 9.17) is 0 Å². The summed E-state index contributed by atoms with van der Waals surface area (Å²) in [6.07, 6.45) is 3.05. The first kappa shape index (κ1) is 11.1. The first-order valence-corrected chi connectivity index (χ1v) is 6.40. The van der Waals surface area contributed by atoms with Crippen molar-refractivity contribution in [1.29, 1.82) is 0 Å². The average molecular weight is 226 g/mol. The van der Waals surface area contributed by atoms with Crippen LogP contribution in [0.3, 0.4) is 0 Å². The van der Waals surface area contributed by atoms with Gasteiger partial charge in [-0.05, 0) is 28.0 Å². The number of hydrogen-bond donors (Lipinski definition) is 1. The molecule has 0 fully saturated rings. The van der Waals surface area contributed by atoms with E-state index in [9.17, 15) is 4.80 Å². The summed E-state index contributed by atoms with van der Waals surface area (Å²) >= 11 is 0. The van der Waals surface area contributed by atoms with Crippen LogP contribution >= 0.6 is 0 Å². The normalized spacial score (nSPS) is 12.0. The molecule has 2 radical (unpaired) electrons. The monoisotopic (exact) mass is 226 g/mol. The molecular formula is C14H14OSi. The summed E-state index contributed by atoms with van der Waals surface area (Å²) in [4.78, 5) is 9.43. The maximum Gasteiger partial charge on any atom is 0.265 e. The molecule has 2 aromatic rings. The fraction of sp³-hybridized carbons (Fsp3) is 0.143. The van der Waals surface area contributed by atoms with Crippen LogP contribution in [0, 0.1) is 0 Å². The van der Waals surface area contributed by atoms with Crippen molar-refractivity contribution in [3.63, 3.8) is 0 Å². The van der Waals surface area contributed by atoms with Gasteiger partial charge < -0.3 is 4.80 Å². The second-order valence-corrected chi connectivity index (χ2v) is 4.43. The molecule has 0 aliphatic heterocycles. The maximum absolute atomic E-state index is 9.43. The maximum atomic E-state index is 9.43. The molecule has 2 rings (SSSR count). The van der Waals surface area contributed by atoms with Crippen molar-refractivity contribution >= 4 is 25.7 Å². The topological polar surface area (TPSA) is 20.2 Å². The predicted octanol–water partition coefficient (Wildman–Crippen LogP) is 3.20. The molecule has 1 N–H and O–H groups in total. The Bertz CT molecular complexity index is 512. The fourth-order valence-corrected chi connectivity index (χ4v) is 2.51. The molecule has 16 heavy (non-hydrogen) atoms. The number of benzene rings is 2. The summed E-state index contributed by atoms with van der Waals surface area (Å²) in [5.41, 5.74) is 1.15. The number of rotatable bonds is 3. The molecule has 1 nitrogen and oxygen atoms in total. The number of fused-ring (bicyclic) bond motifs is 1. The summed E-state index contributed by atoms with van der Waals surface area (Å²) in [6, 6.07) is 14.5. The third-order valence-electron chi connectivity index (χ3n) is 2.61. The van der Waals surface area contributed by atoms with Crippen molar-refractivity contribution in [3.8, 4) is 0 Å². The lowest BCUT2D eigenvalue weighted by Gasteiger charge is -2.07. The lowest BCUT2D eigenvalue weighted by atomic mass is 10.0. The lowest BCUT2D eigenvalue weighted by Crippen LogP contribution is -1.95. The molecule has 2 heteroatoms. The molecule has 0 aliphatic rings. The molecule has 0 aromatic heterocycles. The second kappa shape index (κ2) is 5.10.